The molecule has 0 bridgehead atoms. The molecular formula is C133H61NS9. The van der Waals surface area contributed by atoms with E-state index in [2.05, 4.69) is 241 Å². The molecule has 1 nitrogen and oxygen atoms in total. The average molecular weight is 1960 g/mol. The van der Waals surface area contributed by atoms with E-state index in [0.29, 0.717) is 0 Å². The molecular weight excluding hydrogens is 1900 g/mol. The topological polar surface area (TPSA) is 3.24 Å². The molecule has 143 heavy (non-hydrogen) atoms. The molecule has 10 heteroatoms. The summed E-state index contributed by atoms with van der Waals surface area (Å²) in [5.41, 5.74) is 14.0. The number of nitrogens with zero attached hydrogens (tertiary/aromatic N) is 1. The smallest absolute Gasteiger partial charge is 0.0931 e. The summed E-state index contributed by atoms with van der Waals surface area (Å²) in [5, 5.41) is 88.6. The van der Waals surface area contributed by atoms with E-state index in [1.54, 1.807) is 392 Å². The molecule has 9 aromatic heterocycles. The van der Waals surface area contributed by atoms with Gasteiger partial charge in [0.25, 0.3) is 0 Å². The Bertz CT molecular complexity index is 12500. The molecule has 1 unspecified atom stereocenters. The first kappa shape index (κ1) is 74.2. The number of hydrogen-bond acceptors (Lipinski definition) is 10. The van der Waals surface area contributed by atoms with E-state index in [1.165, 1.54) is 54.3 Å². The highest BCUT2D eigenvalue weighted by atomic mass is 32.1. The molecule has 2 spiro atoms. The van der Waals surface area contributed by atoms with Crippen molar-refractivity contribution in [1.82, 2.24) is 4.90 Å². The summed E-state index contributed by atoms with van der Waals surface area (Å²) in [6.45, 7) is 21.2. The molecule has 37 aromatic rings. The Morgan fingerprint density at radius 1 is 0.203 bits per heavy atom. The van der Waals surface area contributed by atoms with E-state index >= 15 is 0 Å². The summed E-state index contributed by atoms with van der Waals surface area (Å²) < 4.78 is 0. The number of likely N-dealkylation sites (N-methyl/N-ethyl adjacent to an activating group) is 1. The van der Waals surface area contributed by atoms with Gasteiger partial charge in [0.1, 0.15) is 0 Å². The number of aryl methyl sites for hydroxylation is 9. The second kappa shape index (κ2) is 22.9. The number of thiophene rings is 9. The Hall–Kier alpha value is -13.8. The van der Waals surface area contributed by atoms with Crippen LogP contribution < -0.4 is 0 Å². The van der Waals surface area contributed by atoms with Crippen molar-refractivity contribution in [2.45, 2.75) is 137 Å². The largest absolute Gasteiger partial charge is 0.296 e. The van der Waals surface area contributed by atoms with Crippen LogP contribution in [0.15, 0.2) is 60.7 Å². The van der Waals surface area contributed by atoms with Gasteiger partial charge in [0.15, 0.2) is 0 Å². The van der Waals surface area contributed by atoms with Crippen molar-refractivity contribution in [3.63, 3.8) is 0 Å². The molecule has 0 radical (unpaired) electrons. The average Bonchev–Trinajstić information content (AvgIpc) is 1.38. The Kier molecular flexibility index (Phi) is 11.9. The quantitative estimate of drug-likeness (QED) is 0.0974. The molecule has 1 atom stereocenters. The highest BCUT2D eigenvalue weighted by Gasteiger charge is 2.76. The second-order valence-corrected chi connectivity index (χ2v) is 53.2. The summed E-state index contributed by atoms with van der Waals surface area (Å²) in [4.78, 5) is 24.2. The van der Waals surface area contributed by atoms with Crippen molar-refractivity contribution in [3.05, 3.63) is 215 Å². The molecule has 5 aliphatic rings. The van der Waals surface area contributed by atoms with Crippen LogP contribution in [-0.4, -0.2) is 18.5 Å². The fourth-order valence-corrected chi connectivity index (χ4v) is 42.1. The van der Waals surface area contributed by atoms with Gasteiger partial charge >= 0.3 is 0 Å². The van der Waals surface area contributed by atoms with Crippen LogP contribution in [0.5, 0.6) is 0 Å². The zero-order valence-corrected chi connectivity index (χ0v) is 85.9. The van der Waals surface area contributed by atoms with Crippen LogP contribution in [0.4, 0.5) is 0 Å². The van der Waals surface area contributed by atoms with E-state index in [-0.39, 0.29) is 6.04 Å². The Labute approximate surface area is 849 Å². The molecule has 1 fully saturated rings. The minimum absolute atomic E-state index is 0.0203. The third-order valence-corrected chi connectivity index (χ3v) is 48.6. The fraction of sp³-hybridized carbons (Fsp3) is 0.173. The van der Waals surface area contributed by atoms with Crippen molar-refractivity contribution < 1.29 is 0 Å². The third kappa shape index (κ3) is 6.97. The predicted molar refractivity (Wildman–Crippen MR) is 620 cm³/mol. The standard InChI is InChI=1S/C133H61NS9/c1-11-55-29-30-64(135-55)28-20-47-38-56(12-2)136-65(47)31-21-48-39-57(13-3)137-66(48)32-22-49-40-58(14-4)138-67(49)33-23-50-41-59(15-5)139-68(50)34-24-51-42-60(16-6)140-69(51)35-25-52-43-61(17-7)141-70(52)36-26-53-44-62(18-8)142-71(53)37-27-54-45-63(19-9)143-130(54)131-133-128-122-116-106-94-86-78-74-72-73-76-80(78)88(94)98-92-84(76)85-77(73)81-79-75(72)83-82(74)90-96(86)104-110-100(90)101-91(83)97-87(79)95-89(81)99-93(85)103-102(92)114(108(98)116)124(128)125-115(103)109(99)117-107(95)113-105(97)111(101)119-118(110)126(120(122)112(104)106)132(133,46-134(131)10)127(119)121(113)123(117)129(125)133/h29-30,38-45,131H,11-19,46H2,1-10H3. The monoisotopic (exact) mass is 1960 g/mol. The molecule has 42 rings (SSSR count). The fourth-order valence-electron chi connectivity index (χ4n) is 33.6. The SMILES string of the molecule is CCc1ccc(C#Cc2cc(CC)sc2C#Cc2cc(CC)sc2C#Cc2cc(CC)sc2C#Cc2cc(CC)sc2C#Cc2cc(CC)sc2C#Cc2cc(CC)sc2C#Cc2cc(CC)sc2C#Cc2cc(CC)sc2C2N(C)CC34c5c6c7c8c9c%10c(c%11c%12c3c3c5c5c%13c6c6c7c7c9c9c%14c%10c%10c%11c%11c%12c%12c3c3c5c5c%13c%13c6c6c7c9c7c9c%14c%10c%10c%11c%11c%12c3c3c5c5c%13c6c7c6c9c%10c%11c3c56)C824)s1. The van der Waals surface area contributed by atoms with E-state index in [1.807, 2.05) is 11.3 Å². The lowest BCUT2D eigenvalue weighted by molar-refractivity contribution is 0.275. The molecule has 0 amide bonds. The maximum absolute atomic E-state index is 4.23. The second-order valence-electron chi connectivity index (χ2n) is 42.9. The van der Waals surface area contributed by atoms with Crippen molar-refractivity contribution >= 4 is 393 Å². The van der Waals surface area contributed by atoms with E-state index < -0.39 is 10.8 Å². The molecule has 0 saturated carbocycles. The van der Waals surface area contributed by atoms with Crippen LogP contribution >= 0.6 is 102 Å². The Morgan fingerprint density at radius 3 is 0.594 bits per heavy atom. The van der Waals surface area contributed by atoms with Gasteiger partial charge in [-0.1, -0.05) is 116 Å². The molecule has 1 saturated heterocycles. The van der Waals surface area contributed by atoms with Gasteiger partial charge in [0.2, 0.25) is 0 Å². The third-order valence-electron chi connectivity index (χ3n) is 37.7. The van der Waals surface area contributed by atoms with E-state index in [4.69, 9.17) is 0 Å². The summed E-state index contributed by atoms with van der Waals surface area (Å²) in [5.74, 6) is 59.4. The Balaban J connectivity index is 0.457. The maximum Gasteiger partial charge on any atom is 0.0931 e. The minimum Gasteiger partial charge on any atom is -0.296 e. The van der Waals surface area contributed by atoms with Crippen LogP contribution in [-0.2, 0) is 68.6 Å². The molecule has 4 aliphatic carbocycles. The molecule has 28 aromatic carbocycles. The first-order valence-corrected chi connectivity index (χ1v) is 58.6. The highest BCUT2D eigenvalue weighted by molar-refractivity contribution is 7.16. The van der Waals surface area contributed by atoms with Gasteiger partial charge in [-0.2, -0.15) is 0 Å². The van der Waals surface area contributed by atoms with Crippen molar-refractivity contribution in [1.29, 1.82) is 0 Å². The van der Waals surface area contributed by atoms with Gasteiger partial charge in [0.05, 0.1) is 94.8 Å². The van der Waals surface area contributed by atoms with E-state index in [0.717, 1.165) is 142 Å². The van der Waals surface area contributed by atoms with Crippen molar-refractivity contribution in [2.75, 3.05) is 13.6 Å². The first-order chi connectivity index (χ1) is 70.5. The lowest BCUT2D eigenvalue weighted by Crippen LogP contribution is -2.51. The van der Waals surface area contributed by atoms with Gasteiger partial charge in [0, 0.05) is 60.9 Å². The molecule has 1 aliphatic heterocycles. The first-order valence-electron chi connectivity index (χ1n) is 51.2. The molecule has 0 N–H and O–H groups in total. The van der Waals surface area contributed by atoms with Crippen LogP contribution in [0.25, 0.3) is 291 Å². The lowest BCUT2D eigenvalue weighted by atomic mass is 9.48. The van der Waals surface area contributed by atoms with Crippen LogP contribution in [0, 0.1) is 94.7 Å². The van der Waals surface area contributed by atoms with Gasteiger partial charge < -0.3 is 0 Å². The molecule has 10 heterocycles. The summed E-state index contributed by atoms with van der Waals surface area (Å²) in [7, 11) is 2.61. The molecule has 652 valence electrons. The highest BCUT2D eigenvalue weighted by Crippen LogP contribution is 2.88. The lowest BCUT2D eigenvalue weighted by Gasteiger charge is -2.52. The van der Waals surface area contributed by atoms with Crippen LogP contribution in [0.2, 0.25) is 0 Å². The Morgan fingerprint density at radius 2 is 0.385 bits per heavy atom. The minimum atomic E-state index is -0.495. The number of rotatable bonds is 10. The summed E-state index contributed by atoms with van der Waals surface area (Å²) in [6.07, 6.45) is 8.34. The van der Waals surface area contributed by atoms with Crippen LogP contribution in [0.1, 0.15) is 223 Å². The normalized spacial score (nSPS) is 17.0. The van der Waals surface area contributed by atoms with Gasteiger partial charge in [-0.25, -0.2) is 0 Å². The van der Waals surface area contributed by atoms with Gasteiger partial charge in [-0.15, -0.1) is 102 Å². The number of benzene rings is 18. The number of hydrogen-bond donors (Lipinski definition) is 0. The van der Waals surface area contributed by atoms with E-state index in [9.17, 15) is 0 Å². The zero-order valence-electron chi connectivity index (χ0n) is 78.5. The maximum atomic E-state index is 4.23. The summed E-state index contributed by atoms with van der Waals surface area (Å²) in [6, 6.07) is 22.7. The summed E-state index contributed by atoms with van der Waals surface area (Å²) >= 11 is 16.2. The van der Waals surface area contributed by atoms with Crippen molar-refractivity contribution in [2.24, 2.45) is 0 Å². The van der Waals surface area contributed by atoms with Gasteiger partial charge in [-0.05, 0) is 480 Å². The number of likely N-dealkylation sites (tertiary alicyclic amines) is 1. The van der Waals surface area contributed by atoms with Crippen LogP contribution in [0.3, 0.4) is 0 Å². The predicted octanol–water partition coefficient (Wildman–Crippen LogP) is 34.8. The zero-order chi connectivity index (χ0) is 92.5. The van der Waals surface area contributed by atoms with Crippen molar-refractivity contribution in [3.8, 4) is 94.7 Å². The van der Waals surface area contributed by atoms with Gasteiger partial charge in [-0.3, -0.25) is 4.90 Å².